The van der Waals surface area contributed by atoms with Gasteiger partial charge in [0.1, 0.15) is 24.3 Å². The molecule has 51 heavy (non-hydrogen) atoms. The van der Waals surface area contributed by atoms with E-state index in [-0.39, 0.29) is 13.0 Å². The normalized spacial score (nSPS) is 17.1. The fourth-order valence-corrected chi connectivity index (χ4v) is 6.38. The summed E-state index contributed by atoms with van der Waals surface area (Å²) in [5.41, 5.74) is 5.17. The van der Waals surface area contributed by atoms with Gasteiger partial charge in [0.05, 0.1) is 0 Å². The van der Waals surface area contributed by atoms with E-state index < -0.39 is 35.7 Å². The van der Waals surface area contributed by atoms with Crippen LogP contribution in [0.1, 0.15) is 89.3 Å². The van der Waals surface area contributed by atoms with E-state index in [1.165, 1.54) is 37.7 Å². The molecule has 4 aromatic rings. The van der Waals surface area contributed by atoms with Crippen molar-refractivity contribution in [3.63, 3.8) is 0 Å². The predicted octanol–water partition coefficient (Wildman–Crippen LogP) is 8.18. The third-order valence-corrected chi connectivity index (χ3v) is 9.38. The number of carbonyl (C=O) groups is 3. The lowest BCUT2D eigenvalue weighted by molar-refractivity contribution is -0.158. The summed E-state index contributed by atoms with van der Waals surface area (Å²) in [6, 6.07) is 23.7. The van der Waals surface area contributed by atoms with Crippen LogP contribution in [0.25, 0.3) is 22.5 Å². The number of nitrogens with one attached hydrogen (secondary N) is 2. The molecule has 9 nitrogen and oxygen atoms in total. The molecule has 1 fully saturated rings. The predicted molar refractivity (Wildman–Crippen MR) is 199 cm³/mol. The van der Waals surface area contributed by atoms with Crippen molar-refractivity contribution in [1.29, 1.82) is 0 Å². The third kappa shape index (κ3) is 11.0. The van der Waals surface area contributed by atoms with Crippen molar-refractivity contribution in [2.45, 2.75) is 103 Å². The number of aromatic nitrogens is 2. The Morgan fingerprint density at radius 2 is 1.41 bits per heavy atom. The first-order chi connectivity index (χ1) is 24.5. The minimum atomic E-state index is -1.02. The molecule has 0 spiro atoms. The number of ether oxygens (including phenoxy) is 2. The Morgan fingerprint density at radius 1 is 0.784 bits per heavy atom. The molecule has 5 rings (SSSR count). The van der Waals surface area contributed by atoms with E-state index in [9.17, 15) is 14.4 Å². The molecule has 268 valence electrons. The minimum absolute atomic E-state index is 0.0497. The average molecular weight is 691 g/mol. The van der Waals surface area contributed by atoms with Crippen LogP contribution in [0.3, 0.4) is 0 Å². The van der Waals surface area contributed by atoms with Crippen molar-refractivity contribution in [3.05, 3.63) is 108 Å². The Kier molecular flexibility index (Phi) is 12.6. The first-order valence-corrected chi connectivity index (χ1v) is 18.0. The average Bonchev–Trinajstić information content (AvgIpc) is 3.14. The van der Waals surface area contributed by atoms with Crippen LogP contribution < -0.4 is 10.6 Å². The van der Waals surface area contributed by atoms with Crippen molar-refractivity contribution in [3.8, 4) is 22.5 Å². The number of benzene rings is 3. The van der Waals surface area contributed by atoms with Crippen molar-refractivity contribution in [2.24, 2.45) is 5.92 Å². The van der Waals surface area contributed by atoms with Gasteiger partial charge in [-0.15, -0.1) is 0 Å². The highest BCUT2D eigenvalue weighted by Gasteiger charge is 2.28. The molecule has 0 aliphatic heterocycles. The van der Waals surface area contributed by atoms with Gasteiger partial charge in [0.2, 0.25) is 5.91 Å². The molecule has 3 aromatic carbocycles. The summed E-state index contributed by atoms with van der Waals surface area (Å²) in [4.78, 5) is 48.0. The van der Waals surface area contributed by atoms with Gasteiger partial charge in [0, 0.05) is 29.9 Å². The SMILES string of the molecule is CCC1CCC(c2ccc(-c3cnc(-c4ccc(C[C@H](NC(=O)OCc5ccccc5)C(=O)N[C@H](C)C(=O)OC(C)(C)C)cc4)nc3)cc2)CC1. The lowest BCUT2D eigenvalue weighted by Crippen LogP contribution is -2.52. The highest BCUT2D eigenvalue weighted by Crippen LogP contribution is 2.37. The molecule has 0 bridgehead atoms. The molecule has 1 aliphatic rings. The van der Waals surface area contributed by atoms with Gasteiger partial charge < -0.3 is 20.1 Å². The fraction of sp³-hybridized carbons (Fsp3) is 0.405. The maximum absolute atomic E-state index is 13.4. The molecule has 0 unspecified atom stereocenters. The number of rotatable bonds is 12. The molecule has 1 aliphatic carbocycles. The summed E-state index contributed by atoms with van der Waals surface area (Å²) in [6.45, 7) is 9.16. The van der Waals surface area contributed by atoms with Gasteiger partial charge in [-0.2, -0.15) is 0 Å². The number of esters is 1. The molecule has 1 aromatic heterocycles. The van der Waals surface area contributed by atoms with Crippen LogP contribution in [-0.2, 0) is 32.1 Å². The summed E-state index contributed by atoms with van der Waals surface area (Å²) in [5, 5.41) is 5.35. The molecular weight excluding hydrogens is 640 g/mol. The van der Waals surface area contributed by atoms with E-state index in [2.05, 4.69) is 51.8 Å². The number of amides is 2. The molecule has 1 heterocycles. The molecule has 0 saturated heterocycles. The molecule has 2 N–H and O–H groups in total. The van der Waals surface area contributed by atoms with Gasteiger partial charge in [-0.1, -0.05) is 92.2 Å². The van der Waals surface area contributed by atoms with E-state index in [1.807, 2.05) is 67.0 Å². The number of nitrogens with zero attached hydrogens (tertiary/aromatic N) is 2. The van der Waals surface area contributed by atoms with Crippen molar-refractivity contribution >= 4 is 18.0 Å². The summed E-state index contributed by atoms with van der Waals surface area (Å²) in [5.74, 6) is 1.01. The van der Waals surface area contributed by atoms with Crippen LogP contribution in [-0.4, -0.2) is 45.6 Å². The maximum atomic E-state index is 13.4. The zero-order valence-electron chi connectivity index (χ0n) is 30.4. The molecule has 2 amide bonds. The lowest BCUT2D eigenvalue weighted by atomic mass is 9.78. The topological polar surface area (TPSA) is 120 Å². The number of hydrogen-bond donors (Lipinski definition) is 2. The Labute approximate surface area is 301 Å². The van der Waals surface area contributed by atoms with Crippen LogP contribution in [0.15, 0.2) is 91.3 Å². The second-order valence-corrected chi connectivity index (χ2v) is 14.5. The first-order valence-electron chi connectivity index (χ1n) is 18.0. The summed E-state index contributed by atoms with van der Waals surface area (Å²) < 4.78 is 10.8. The third-order valence-electron chi connectivity index (χ3n) is 9.38. The van der Waals surface area contributed by atoms with Crippen LogP contribution in [0, 0.1) is 5.92 Å². The van der Waals surface area contributed by atoms with Gasteiger partial charge in [0.25, 0.3) is 0 Å². The second kappa shape index (κ2) is 17.2. The smallest absolute Gasteiger partial charge is 0.408 e. The van der Waals surface area contributed by atoms with Gasteiger partial charge >= 0.3 is 12.1 Å². The van der Waals surface area contributed by atoms with Crippen molar-refractivity contribution in [2.75, 3.05) is 0 Å². The lowest BCUT2D eigenvalue weighted by Gasteiger charge is -2.28. The van der Waals surface area contributed by atoms with E-state index in [0.717, 1.165) is 33.7 Å². The van der Waals surface area contributed by atoms with Gasteiger partial charge in [-0.05, 0) is 87.5 Å². The molecule has 1 saturated carbocycles. The fourth-order valence-electron chi connectivity index (χ4n) is 6.38. The van der Waals surface area contributed by atoms with Crippen molar-refractivity contribution in [1.82, 2.24) is 20.6 Å². The van der Waals surface area contributed by atoms with Crippen LogP contribution in [0.4, 0.5) is 4.79 Å². The highest BCUT2D eigenvalue weighted by atomic mass is 16.6. The van der Waals surface area contributed by atoms with E-state index in [1.54, 1.807) is 27.7 Å². The van der Waals surface area contributed by atoms with Crippen molar-refractivity contribution < 1.29 is 23.9 Å². The van der Waals surface area contributed by atoms with Gasteiger partial charge in [0.15, 0.2) is 5.82 Å². The Hall–Kier alpha value is -5.05. The molecule has 0 radical (unpaired) electrons. The number of hydrogen-bond acceptors (Lipinski definition) is 7. The zero-order chi connectivity index (χ0) is 36.4. The molecule has 2 atom stereocenters. The first kappa shape index (κ1) is 37.2. The zero-order valence-corrected chi connectivity index (χ0v) is 30.4. The Balaban J connectivity index is 1.22. The Morgan fingerprint density at radius 3 is 2.02 bits per heavy atom. The number of alkyl carbamates (subject to hydrolysis) is 1. The standard InChI is InChI=1S/C42H50N4O5/c1-6-29-12-16-32(17-13-29)33-20-22-34(23-21-33)36-25-43-38(44-26-36)35-18-14-30(15-19-35)24-37(39(47)45-28(2)40(48)51-42(3,4)5)46-41(49)50-27-31-10-8-7-9-11-31/h7-11,14-15,18-23,25-26,28-29,32,37H,6,12-13,16-17,24,27H2,1-5H3,(H,45,47)(H,46,49)/t28-,29?,32?,37+/m1/s1. The molecule has 9 heteroatoms. The number of carbonyl (C=O) groups excluding carboxylic acids is 3. The van der Waals surface area contributed by atoms with E-state index >= 15 is 0 Å². The summed E-state index contributed by atoms with van der Waals surface area (Å²) >= 11 is 0. The van der Waals surface area contributed by atoms with Crippen LogP contribution in [0.2, 0.25) is 0 Å². The summed E-state index contributed by atoms with van der Waals surface area (Å²) in [7, 11) is 0. The minimum Gasteiger partial charge on any atom is -0.458 e. The molecular formula is C42H50N4O5. The van der Waals surface area contributed by atoms with Gasteiger partial charge in [-0.25, -0.2) is 19.6 Å². The van der Waals surface area contributed by atoms with E-state index in [4.69, 9.17) is 9.47 Å². The van der Waals surface area contributed by atoms with Crippen LogP contribution >= 0.6 is 0 Å². The quantitative estimate of drug-likeness (QED) is 0.144. The monoisotopic (exact) mass is 690 g/mol. The van der Waals surface area contributed by atoms with Crippen LogP contribution in [0.5, 0.6) is 0 Å². The second-order valence-electron chi connectivity index (χ2n) is 14.5. The van der Waals surface area contributed by atoms with E-state index in [0.29, 0.717) is 11.7 Å². The maximum Gasteiger partial charge on any atom is 0.408 e. The Bertz CT molecular complexity index is 1730. The highest BCUT2D eigenvalue weighted by molar-refractivity contribution is 5.89. The summed E-state index contributed by atoms with van der Waals surface area (Å²) in [6.07, 6.45) is 9.57. The van der Waals surface area contributed by atoms with Gasteiger partial charge in [-0.3, -0.25) is 4.79 Å². The largest absolute Gasteiger partial charge is 0.458 e.